The number of para-hydroxylation sites is 2. The molecule has 11 heteroatoms. The van der Waals surface area contributed by atoms with Gasteiger partial charge in [0.05, 0.1) is 22.7 Å². The molecule has 3 aromatic rings. The summed E-state index contributed by atoms with van der Waals surface area (Å²) >= 11 is 6.24. The standard InChI is InChI=1S/C31H36ClN5O4S/c1-20-7-6-13-34-29(20)37-15-11-23(12-16-37)10-14-33-28(38)19-31(30(39)35-25-8-4-5-9-26(25)36-31)42(40,41)27-18-21(2)24(32)17-22(27)3/h4-9,13,17-18,23,36H,10-12,14-16,19H2,1-3H3,(H,33,38)(H,35,39)/t31-/m1/s1. The van der Waals surface area contributed by atoms with Gasteiger partial charge in [0.1, 0.15) is 5.82 Å². The van der Waals surface area contributed by atoms with Crippen LogP contribution in [0.3, 0.4) is 0 Å². The number of aryl methyl sites for hydroxylation is 3. The summed E-state index contributed by atoms with van der Waals surface area (Å²) in [5.74, 6) is 0.110. The Labute approximate surface area is 252 Å². The second-order valence-electron chi connectivity index (χ2n) is 11.2. The third-order valence-corrected chi connectivity index (χ3v) is 11.0. The lowest BCUT2D eigenvalue weighted by atomic mass is 9.93. The minimum absolute atomic E-state index is 0.0471. The Balaban J connectivity index is 1.30. The van der Waals surface area contributed by atoms with Gasteiger partial charge in [0, 0.05) is 30.9 Å². The van der Waals surface area contributed by atoms with Crippen LogP contribution in [0.4, 0.5) is 17.2 Å². The van der Waals surface area contributed by atoms with E-state index in [9.17, 15) is 18.0 Å². The fourth-order valence-electron chi connectivity index (χ4n) is 5.79. The molecular formula is C31H36ClN5O4S. The number of rotatable bonds is 8. The number of hydrogen-bond acceptors (Lipinski definition) is 7. The zero-order valence-electron chi connectivity index (χ0n) is 24.0. The smallest absolute Gasteiger partial charge is 0.266 e. The average Bonchev–Trinajstić information content (AvgIpc) is 2.96. The van der Waals surface area contributed by atoms with E-state index in [2.05, 4.69) is 38.8 Å². The van der Waals surface area contributed by atoms with Crippen LogP contribution < -0.4 is 20.9 Å². The first-order chi connectivity index (χ1) is 20.0. The number of carbonyl (C=O) groups is 2. The quantitative estimate of drug-likeness (QED) is 0.328. The lowest BCUT2D eigenvalue weighted by Crippen LogP contribution is -2.60. The van der Waals surface area contributed by atoms with E-state index in [-0.39, 0.29) is 4.90 Å². The highest BCUT2D eigenvalue weighted by Crippen LogP contribution is 2.40. The zero-order valence-corrected chi connectivity index (χ0v) is 25.6. The van der Waals surface area contributed by atoms with Crippen LogP contribution in [-0.2, 0) is 19.4 Å². The molecule has 3 N–H and O–H groups in total. The van der Waals surface area contributed by atoms with Gasteiger partial charge >= 0.3 is 0 Å². The Morgan fingerprint density at radius 2 is 1.76 bits per heavy atom. The highest BCUT2D eigenvalue weighted by atomic mass is 35.5. The molecule has 0 spiro atoms. The van der Waals surface area contributed by atoms with E-state index in [1.165, 1.54) is 6.07 Å². The maximum Gasteiger partial charge on any atom is 0.266 e. The number of pyridine rings is 1. The van der Waals surface area contributed by atoms with E-state index >= 15 is 0 Å². The van der Waals surface area contributed by atoms with Gasteiger partial charge in [0.15, 0.2) is 0 Å². The van der Waals surface area contributed by atoms with Gasteiger partial charge in [-0.2, -0.15) is 0 Å². The van der Waals surface area contributed by atoms with Gasteiger partial charge in [-0.1, -0.05) is 29.8 Å². The summed E-state index contributed by atoms with van der Waals surface area (Å²) in [7, 11) is -4.42. The molecule has 0 radical (unpaired) electrons. The molecule has 1 atom stereocenters. The number of hydrogen-bond donors (Lipinski definition) is 3. The molecule has 2 aliphatic rings. The number of nitrogens with one attached hydrogen (secondary N) is 3. The van der Waals surface area contributed by atoms with Gasteiger partial charge < -0.3 is 20.9 Å². The number of anilines is 3. The molecule has 1 fully saturated rings. The SMILES string of the molecule is Cc1cc(S(=O)(=O)[C@@]2(CC(=O)NCCC3CCN(c4ncccc4C)CC3)Nc3ccccc3NC2=O)c(C)cc1Cl. The molecule has 1 aromatic heterocycles. The summed E-state index contributed by atoms with van der Waals surface area (Å²) in [5.41, 5.74) is 2.98. The number of halogens is 1. The second-order valence-corrected chi connectivity index (χ2v) is 13.8. The molecule has 5 rings (SSSR count). The molecule has 0 unspecified atom stereocenters. The lowest BCUT2D eigenvalue weighted by molar-refractivity contribution is -0.126. The van der Waals surface area contributed by atoms with Crippen molar-refractivity contribution in [3.63, 3.8) is 0 Å². The number of piperidine rings is 1. The molecule has 222 valence electrons. The summed E-state index contributed by atoms with van der Waals surface area (Å²) in [6.45, 7) is 7.56. The van der Waals surface area contributed by atoms with Crippen LogP contribution in [0.25, 0.3) is 0 Å². The van der Waals surface area contributed by atoms with E-state index in [1.807, 2.05) is 12.3 Å². The molecule has 2 aromatic carbocycles. The van der Waals surface area contributed by atoms with Gasteiger partial charge in [-0.3, -0.25) is 9.59 Å². The van der Waals surface area contributed by atoms with Crippen molar-refractivity contribution in [1.29, 1.82) is 0 Å². The second kappa shape index (κ2) is 11.9. The summed E-state index contributed by atoms with van der Waals surface area (Å²) in [5, 5.41) is 8.97. The van der Waals surface area contributed by atoms with Crippen molar-refractivity contribution in [1.82, 2.24) is 10.3 Å². The first-order valence-electron chi connectivity index (χ1n) is 14.1. The molecule has 0 bridgehead atoms. The Kier molecular flexibility index (Phi) is 8.48. The summed E-state index contributed by atoms with van der Waals surface area (Å²) in [6.07, 6.45) is 3.93. The first kappa shape index (κ1) is 29.8. The average molecular weight is 610 g/mol. The highest BCUT2D eigenvalue weighted by Gasteiger charge is 2.55. The predicted octanol–water partition coefficient (Wildman–Crippen LogP) is 5.01. The number of benzene rings is 2. The summed E-state index contributed by atoms with van der Waals surface area (Å²) < 4.78 is 28.6. The monoisotopic (exact) mass is 609 g/mol. The fraction of sp³-hybridized carbons (Fsp3) is 0.387. The molecular weight excluding hydrogens is 574 g/mol. The van der Waals surface area contributed by atoms with Crippen molar-refractivity contribution in [2.45, 2.75) is 56.2 Å². The Morgan fingerprint density at radius 1 is 1.05 bits per heavy atom. The summed E-state index contributed by atoms with van der Waals surface area (Å²) in [4.78, 5) is 31.5. The molecule has 9 nitrogen and oxygen atoms in total. The van der Waals surface area contributed by atoms with Crippen LogP contribution in [0.15, 0.2) is 59.6 Å². The largest absolute Gasteiger partial charge is 0.357 e. The Hall–Kier alpha value is -3.63. The number of fused-ring (bicyclic) bond motifs is 1. The molecule has 42 heavy (non-hydrogen) atoms. The Bertz CT molecular complexity index is 1620. The number of amides is 2. The van der Waals surface area contributed by atoms with E-state index in [1.54, 1.807) is 44.2 Å². The summed E-state index contributed by atoms with van der Waals surface area (Å²) in [6, 6.07) is 13.8. The Morgan fingerprint density at radius 3 is 2.48 bits per heavy atom. The van der Waals surface area contributed by atoms with Crippen molar-refractivity contribution in [2.75, 3.05) is 35.2 Å². The first-order valence-corrected chi connectivity index (χ1v) is 16.0. The van der Waals surface area contributed by atoms with Crippen molar-refractivity contribution in [3.8, 4) is 0 Å². The maximum atomic E-state index is 14.3. The number of carbonyl (C=O) groups excluding carboxylic acids is 2. The van der Waals surface area contributed by atoms with Crippen molar-refractivity contribution in [3.05, 3.63) is 76.4 Å². The van der Waals surface area contributed by atoms with E-state index in [4.69, 9.17) is 11.6 Å². The van der Waals surface area contributed by atoms with Crippen LogP contribution in [0.2, 0.25) is 5.02 Å². The third kappa shape index (κ3) is 5.70. The fourth-order valence-corrected chi connectivity index (χ4v) is 8.05. The molecule has 0 aliphatic carbocycles. The van der Waals surface area contributed by atoms with Crippen molar-refractivity contribution >= 4 is 50.4 Å². The highest BCUT2D eigenvalue weighted by molar-refractivity contribution is 7.93. The van der Waals surface area contributed by atoms with Crippen LogP contribution in [0.5, 0.6) is 0 Å². The number of sulfone groups is 1. The van der Waals surface area contributed by atoms with Crippen LogP contribution in [0.1, 0.15) is 42.4 Å². The van der Waals surface area contributed by atoms with Gasteiger partial charge in [0.25, 0.3) is 5.91 Å². The van der Waals surface area contributed by atoms with E-state index in [0.717, 1.165) is 43.7 Å². The van der Waals surface area contributed by atoms with Gasteiger partial charge in [0.2, 0.25) is 20.6 Å². The number of aromatic nitrogens is 1. The third-order valence-electron chi connectivity index (χ3n) is 8.26. The van der Waals surface area contributed by atoms with Crippen molar-refractivity contribution < 1.29 is 18.0 Å². The van der Waals surface area contributed by atoms with E-state index in [0.29, 0.717) is 40.0 Å². The lowest BCUT2D eigenvalue weighted by Gasteiger charge is -2.38. The molecule has 2 amide bonds. The van der Waals surface area contributed by atoms with Gasteiger partial charge in [-0.05, 0) is 93.0 Å². The topological polar surface area (TPSA) is 120 Å². The number of nitrogens with zero attached hydrogens (tertiary/aromatic N) is 2. The molecule has 0 saturated carbocycles. The maximum absolute atomic E-state index is 14.3. The molecule has 2 aliphatic heterocycles. The van der Waals surface area contributed by atoms with Crippen LogP contribution in [0, 0.1) is 26.7 Å². The zero-order chi connectivity index (χ0) is 30.1. The van der Waals surface area contributed by atoms with Crippen molar-refractivity contribution in [2.24, 2.45) is 5.92 Å². The van der Waals surface area contributed by atoms with Crippen LogP contribution >= 0.6 is 11.6 Å². The molecule has 3 heterocycles. The van der Waals surface area contributed by atoms with Gasteiger partial charge in [-0.25, -0.2) is 13.4 Å². The minimum Gasteiger partial charge on any atom is -0.357 e. The predicted molar refractivity (Wildman–Crippen MR) is 166 cm³/mol. The normalized spacial score (nSPS) is 19.0. The van der Waals surface area contributed by atoms with Gasteiger partial charge in [-0.15, -0.1) is 0 Å². The molecule has 1 saturated heterocycles. The van der Waals surface area contributed by atoms with E-state index < -0.39 is 32.9 Å². The van der Waals surface area contributed by atoms with Crippen LogP contribution in [-0.4, -0.2) is 49.7 Å². The minimum atomic E-state index is -4.42.